The van der Waals surface area contributed by atoms with Gasteiger partial charge in [0.15, 0.2) is 5.65 Å². The van der Waals surface area contributed by atoms with E-state index in [1.54, 1.807) is 12.4 Å². The summed E-state index contributed by atoms with van der Waals surface area (Å²) in [4.78, 5) is 21.6. The largest absolute Gasteiger partial charge is 0.353 e. The summed E-state index contributed by atoms with van der Waals surface area (Å²) in [5.74, 6) is 0. The predicted molar refractivity (Wildman–Crippen MR) is 133 cm³/mol. The first-order chi connectivity index (χ1) is 16.8. The molecule has 0 unspecified atom stereocenters. The molecule has 0 saturated heterocycles. The van der Waals surface area contributed by atoms with Crippen LogP contribution in [0.15, 0.2) is 73.4 Å². The fourth-order valence-corrected chi connectivity index (χ4v) is 4.17. The first-order valence-corrected chi connectivity index (χ1v) is 11.2. The molecule has 6 heterocycles. The molecular weight excluding hydrogens is 424 g/mol. The fourth-order valence-electron chi connectivity index (χ4n) is 4.17. The van der Waals surface area contributed by atoms with Crippen LogP contribution in [0.4, 0.5) is 0 Å². The molecule has 8 heteroatoms. The molecule has 0 aromatic carbocycles. The normalized spacial score (nSPS) is 11.4. The molecule has 0 aliphatic carbocycles. The van der Waals surface area contributed by atoms with Gasteiger partial charge in [-0.1, -0.05) is 13.0 Å². The number of aromatic nitrogens is 7. The molecule has 0 fully saturated rings. The number of hydrogen-bond acceptors (Lipinski definition) is 6. The van der Waals surface area contributed by atoms with Crippen LogP contribution >= 0.6 is 0 Å². The molecule has 0 aliphatic heterocycles. The molecule has 0 radical (unpaired) electrons. The first kappa shape index (κ1) is 20.2. The van der Waals surface area contributed by atoms with Crippen LogP contribution in [0.2, 0.25) is 0 Å². The lowest BCUT2D eigenvalue weighted by molar-refractivity contribution is 0.724. The van der Waals surface area contributed by atoms with Gasteiger partial charge >= 0.3 is 0 Å². The van der Waals surface area contributed by atoms with Crippen molar-refractivity contribution in [1.82, 2.24) is 40.4 Å². The van der Waals surface area contributed by atoms with E-state index in [0.717, 1.165) is 74.5 Å². The SMILES string of the molecule is CCNCc1cncc(-c2cnc3[nH]nc(-c4cc5c(-c6ccccn6)nccc5[nH]4)c3c2)c1. The summed E-state index contributed by atoms with van der Waals surface area (Å²) >= 11 is 0. The Balaban J connectivity index is 1.44. The zero-order valence-corrected chi connectivity index (χ0v) is 18.6. The molecule has 34 heavy (non-hydrogen) atoms. The quantitative estimate of drug-likeness (QED) is 0.341. The van der Waals surface area contributed by atoms with Gasteiger partial charge in [0.2, 0.25) is 0 Å². The second kappa shape index (κ2) is 8.49. The van der Waals surface area contributed by atoms with Crippen LogP contribution in [0.25, 0.3) is 55.8 Å². The number of pyridine rings is 4. The average molecular weight is 447 g/mol. The Morgan fingerprint density at radius 2 is 1.79 bits per heavy atom. The van der Waals surface area contributed by atoms with Crippen molar-refractivity contribution in [2.24, 2.45) is 0 Å². The van der Waals surface area contributed by atoms with E-state index in [1.165, 1.54) is 0 Å². The van der Waals surface area contributed by atoms with Crippen LogP contribution in [-0.4, -0.2) is 41.7 Å². The Kier molecular flexibility index (Phi) is 5.04. The molecule has 0 aliphatic rings. The van der Waals surface area contributed by atoms with Gasteiger partial charge in [0.25, 0.3) is 0 Å². The second-order valence-electron chi connectivity index (χ2n) is 8.07. The van der Waals surface area contributed by atoms with Gasteiger partial charge in [-0.3, -0.25) is 20.1 Å². The maximum absolute atomic E-state index is 4.62. The van der Waals surface area contributed by atoms with Crippen LogP contribution in [0.5, 0.6) is 0 Å². The van der Waals surface area contributed by atoms with Crippen LogP contribution in [-0.2, 0) is 6.54 Å². The lowest BCUT2D eigenvalue weighted by Crippen LogP contribution is -2.11. The predicted octanol–water partition coefficient (Wildman–Crippen LogP) is 4.73. The van der Waals surface area contributed by atoms with Gasteiger partial charge < -0.3 is 10.3 Å². The highest BCUT2D eigenvalue weighted by Crippen LogP contribution is 2.33. The van der Waals surface area contributed by atoms with Gasteiger partial charge in [-0.2, -0.15) is 5.10 Å². The Morgan fingerprint density at radius 1 is 0.853 bits per heavy atom. The highest BCUT2D eigenvalue weighted by molar-refractivity contribution is 5.99. The van der Waals surface area contributed by atoms with Crippen LogP contribution in [0, 0.1) is 0 Å². The Bertz CT molecular complexity index is 1600. The maximum atomic E-state index is 4.62. The zero-order chi connectivity index (χ0) is 22.9. The number of hydrogen-bond donors (Lipinski definition) is 3. The number of rotatable bonds is 6. The highest BCUT2D eigenvalue weighted by atomic mass is 15.2. The Labute approximate surface area is 195 Å². The fraction of sp³-hybridized carbons (Fsp3) is 0.115. The highest BCUT2D eigenvalue weighted by Gasteiger charge is 2.16. The van der Waals surface area contributed by atoms with E-state index in [9.17, 15) is 0 Å². The van der Waals surface area contributed by atoms with Gasteiger partial charge in [0.05, 0.1) is 17.1 Å². The smallest absolute Gasteiger partial charge is 0.155 e. The maximum Gasteiger partial charge on any atom is 0.155 e. The summed E-state index contributed by atoms with van der Waals surface area (Å²) in [6, 6.07) is 14.1. The minimum Gasteiger partial charge on any atom is -0.353 e. The van der Waals surface area contributed by atoms with Crippen LogP contribution < -0.4 is 5.32 Å². The van der Waals surface area contributed by atoms with E-state index in [-0.39, 0.29) is 0 Å². The van der Waals surface area contributed by atoms with E-state index in [1.807, 2.05) is 42.9 Å². The topological polar surface area (TPSA) is 108 Å². The van der Waals surface area contributed by atoms with Gasteiger partial charge in [-0.15, -0.1) is 0 Å². The monoisotopic (exact) mass is 446 g/mol. The average Bonchev–Trinajstić information content (AvgIpc) is 3.51. The van der Waals surface area contributed by atoms with E-state index >= 15 is 0 Å². The van der Waals surface area contributed by atoms with Crippen molar-refractivity contribution < 1.29 is 0 Å². The minimum absolute atomic E-state index is 0.734. The third kappa shape index (κ3) is 3.60. The first-order valence-electron chi connectivity index (χ1n) is 11.2. The molecule has 6 rings (SSSR count). The number of nitrogens with zero attached hydrogens (tertiary/aromatic N) is 5. The molecule has 6 aromatic heterocycles. The van der Waals surface area contributed by atoms with Crippen molar-refractivity contribution >= 4 is 21.9 Å². The molecular formula is C26H22N8. The van der Waals surface area contributed by atoms with E-state index in [4.69, 9.17) is 0 Å². The molecule has 166 valence electrons. The van der Waals surface area contributed by atoms with Crippen molar-refractivity contribution in [2.75, 3.05) is 6.54 Å². The summed E-state index contributed by atoms with van der Waals surface area (Å²) in [7, 11) is 0. The van der Waals surface area contributed by atoms with E-state index in [2.05, 4.69) is 65.6 Å². The third-order valence-electron chi connectivity index (χ3n) is 5.83. The molecule has 0 amide bonds. The molecule has 0 spiro atoms. The van der Waals surface area contributed by atoms with E-state index in [0.29, 0.717) is 0 Å². The number of aromatic amines is 2. The van der Waals surface area contributed by atoms with Crippen LogP contribution in [0.3, 0.4) is 0 Å². The van der Waals surface area contributed by atoms with Crippen molar-refractivity contribution in [2.45, 2.75) is 13.5 Å². The summed E-state index contributed by atoms with van der Waals surface area (Å²) in [6.45, 7) is 3.79. The standard InChI is InChI=1S/C26H22N8/c1-2-27-12-16-9-17(14-28-13-16)18-10-20-25(33-34-26(20)31-15-18)23-11-19-21(32-23)6-8-30-24(19)22-5-3-4-7-29-22/h3-11,13-15,27,32H,2,12H2,1H3,(H,31,33,34). The van der Waals surface area contributed by atoms with Crippen LogP contribution in [0.1, 0.15) is 12.5 Å². The lowest BCUT2D eigenvalue weighted by Gasteiger charge is -2.05. The zero-order valence-electron chi connectivity index (χ0n) is 18.6. The summed E-state index contributed by atoms with van der Waals surface area (Å²) in [6.07, 6.45) is 9.18. The Hall–Kier alpha value is -4.43. The van der Waals surface area contributed by atoms with Gasteiger partial charge in [-0.25, -0.2) is 4.98 Å². The molecule has 8 nitrogen and oxygen atoms in total. The molecule has 3 N–H and O–H groups in total. The van der Waals surface area contributed by atoms with Crippen molar-refractivity contribution in [1.29, 1.82) is 0 Å². The van der Waals surface area contributed by atoms with Gasteiger partial charge in [-0.05, 0) is 48.5 Å². The van der Waals surface area contributed by atoms with Crippen molar-refractivity contribution in [3.05, 3.63) is 79.0 Å². The molecule has 0 bridgehead atoms. The van der Waals surface area contributed by atoms with Crippen molar-refractivity contribution in [3.8, 4) is 33.9 Å². The van der Waals surface area contributed by atoms with Gasteiger partial charge in [0.1, 0.15) is 5.69 Å². The number of fused-ring (bicyclic) bond motifs is 2. The molecule has 0 atom stereocenters. The number of nitrogens with one attached hydrogen (secondary N) is 3. The summed E-state index contributed by atoms with van der Waals surface area (Å²) in [5.41, 5.74) is 8.24. The second-order valence-corrected chi connectivity index (χ2v) is 8.07. The summed E-state index contributed by atoms with van der Waals surface area (Å²) < 4.78 is 0. The lowest BCUT2D eigenvalue weighted by atomic mass is 10.1. The number of H-pyrrole nitrogens is 2. The molecule has 0 saturated carbocycles. The minimum atomic E-state index is 0.734. The third-order valence-corrected chi connectivity index (χ3v) is 5.83. The van der Waals surface area contributed by atoms with Gasteiger partial charge in [0, 0.05) is 64.9 Å². The van der Waals surface area contributed by atoms with E-state index < -0.39 is 0 Å². The molecule has 6 aromatic rings. The van der Waals surface area contributed by atoms with Crippen molar-refractivity contribution in [3.63, 3.8) is 0 Å². The Morgan fingerprint density at radius 3 is 2.68 bits per heavy atom. The summed E-state index contributed by atoms with van der Waals surface area (Å²) in [5, 5.41) is 12.9.